The molecule has 0 bridgehead atoms. The van der Waals surface area contributed by atoms with Gasteiger partial charge in [-0.2, -0.15) is 0 Å². The van der Waals surface area contributed by atoms with Crippen molar-refractivity contribution in [3.05, 3.63) is 87.9 Å². The molecule has 5 nitrogen and oxygen atoms in total. The SMILES string of the molecule is CCN=C1C=C2OC3C=C(NCC)C(C)C=C3C(c3ccccc3C(=O)OCC)=C2C=C1C. The van der Waals surface area contributed by atoms with E-state index in [1.54, 1.807) is 0 Å². The molecule has 4 rings (SSSR count). The van der Waals surface area contributed by atoms with Gasteiger partial charge in [0.1, 0.15) is 11.9 Å². The van der Waals surface area contributed by atoms with Crippen LogP contribution in [-0.4, -0.2) is 37.5 Å². The summed E-state index contributed by atoms with van der Waals surface area (Å²) in [5.41, 5.74) is 7.67. The number of esters is 1. The standard InChI is InChI=1S/C28H32N2O3/c1-6-29-23-15-25-21(13-17(23)4)27(19-11-9-10-12-20(19)28(31)32-8-3)22-14-18(5)24(30-7-2)16-26(22)33-25/h9-17,25,29H,6-8H2,1-5H3. The third-order valence-corrected chi connectivity index (χ3v) is 6.07. The third-order valence-electron chi connectivity index (χ3n) is 6.07. The Bertz CT molecular complexity index is 1150. The number of nitrogens with zero attached hydrogens (tertiary/aromatic N) is 1. The number of carbonyl (C=O) groups is 1. The van der Waals surface area contributed by atoms with Crippen LogP contribution in [0.3, 0.4) is 0 Å². The monoisotopic (exact) mass is 444 g/mol. The summed E-state index contributed by atoms with van der Waals surface area (Å²) in [4.78, 5) is 17.5. The van der Waals surface area contributed by atoms with Crippen LogP contribution in [0, 0.1) is 5.92 Å². The van der Waals surface area contributed by atoms with E-state index in [0.717, 1.165) is 51.6 Å². The molecule has 1 aromatic carbocycles. The smallest absolute Gasteiger partial charge is 0.338 e. The molecule has 1 aliphatic heterocycles. The van der Waals surface area contributed by atoms with Gasteiger partial charge in [-0.15, -0.1) is 0 Å². The first kappa shape index (κ1) is 22.8. The molecule has 0 fully saturated rings. The van der Waals surface area contributed by atoms with Crippen LogP contribution in [0.4, 0.5) is 0 Å². The van der Waals surface area contributed by atoms with Gasteiger partial charge in [0.15, 0.2) is 0 Å². The summed E-state index contributed by atoms with van der Waals surface area (Å²) in [5.74, 6) is 0.680. The molecule has 0 radical (unpaired) electrons. The summed E-state index contributed by atoms with van der Waals surface area (Å²) in [6.07, 6.45) is 8.33. The van der Waals surface area contributed by atoms with Crippen molar-refractivity contribution in [1.29, 1.82) is 0 Å². The van der Waals surface area contributed by atoms with Crippen LogP contribution in [-0.2, 0) is 9.47 Å². The molecule has 172 valence electrons. The lowest BCUT2D eigenvalue weighted by atomic mass is 9.78. The summed E-state index contributed by atoms with van der Waals surface area (Å²) in [5, 5.41) is 3.47. The molecule has 1 heterocycles. The Labute approximate surface area is 196 Å². The molecule has 3 aliphatic rings. The van der Waals surface area contributed by atoms with Gasteiger partial charge in [0, 0.05) is 47.5 Å². The first-order valence-electron chi connectivity index (χ1n) is 11.8. The second kappa shape index (κ2) is 9.65. The van der Waals surface area contributed by atoms with E-state index < -0.39 is 0 Å². The molecule has 5 heteroatoms. The number of carbonyl (C=O) groups excluding carboxylic acids is 1. The Balaban J connectivity index is 1.96. The van der Waals surface area contributed by atoms with Crippen molar-refractivity contribution in [2.45, 2.75) is 40.7 Å². The quantitative estimate of drug-likeness (QED) is 0.598. The molecule has 1 aromatic rings. The first-order valence-corrected chi connectivity index (χ1v) is 11.8. The summed E-state index contributed by atoms with van der Waals surface area (Å²) in [6.45, 7) is 12.1. The van der Waals surface area contributed by atoms with E-state index in [1.165, 1.54) is 0 Å². The van der Waals surface area contributed by atoms with Crippen LogP contribution in [0.15, 0.2) is 81.7 Å². The topological polar surface area (TPSA) is 59.9 Å². The maximum Gasteiger partial charge on any atom is 0.338 e. The average Bonchev–Trinajstić information content (AvgIpc) is 2.80. The van der Waals surface area contributed by atoms with Crippen molar-refractivity contribution < 1.29 is 14.3 Å². The van der Waals surface area contributed by atoms with Crippen molar-refractivity contribution in [3.8, 4) is 0 Å². The number of fused-ring (bicyclic) bond motifs is 2. The highest BCUT2D eigenvalue weighted by Crippen LogP contribution is 2.45. The maximum absolute atomic E-state index is 12.9. The Kier molecular flexibility index (Phi) is 6.68. The molecule has 0 aromatic heterocycles. The van der Waals surface area contributed by atoms with Crippen LogP contribution in [0.5, 0.6) is 0 Å². The number of allylic oxidation sites excluding steroid dienone is 4. The van der Waals surface area contributed by atoms with Crippen molar-refractivity contribution in [2.24, 2.45) is 10.9 Å². The van der Waals surface area contributed by atoms with Gasteiger partial charge in [-0.3, -0.25) is 4.99 Å². The summed E-state index contributed by atoms with van der Waals surface area (Å²) in [7, 11) is 0. The van der Waals surface area contributed by atoms with E-state index in [4.69, 9.17) is 9.47 Å². The van der Waals surface area contributed by atoms with Crippen LogP contribution in [0.1, 0.15) is 50.5 Å². The maximum atomic E-state index is 12.9. The van der Waals surface area contributed by atoms with Crippen LogP contribution < -0.4 is 5.32 Å². The van der Waals surface area contributed by atoms with Crippen molar-refractivity contribution >= 4 is 17.3 Å². The highest BCUT2D eigenvalue weighted by molar-refractivity contribution is 6.12. The van der Waals surface area contributed by atoms with E-state index in [0.29, 0.717) is 18.7 Å². The summed E-state index contributed by atoms with van der Waals surface area (Å²) < 4.78 is 11.9. The molecule has 2 aliphatic carbocycles. The summed E-state index contributed by atoms with van der Waals surface area (Å²) >= 11 is 0. The van der Waals surface area contributed by atoms with E-state index in [2.05, 4.69) is 49.3 Å². The van der Waals surface area contributed by atoms with Gasteiger partial charge >= 0.3 is 5.97 Å². The Hall–Kier alpha value is -3.34. The number of hydrogen-bond donors (Lipinski definition) is 1. The fourth-order valence-electron chi connectivity index (χ4n) is 4.60. The van der Waals surface area contributed by atoms with Gasteiger partial charge in [-0.1, -0.05) is 31.2 Å². The second-order valence-electron chi connectivity index (χ2n) is 8.35. The summed E-state index contributed by atoms with van der Waals surface area (Å²) in [6, 6.07) is 7.69. The highest BCUT2D eigenvalue weighted by atomic mass is 16.5. The van der Waals surface area contributed by atoms with Gasteiger partial charge in [0.05, 0.1) is 17.9 Å². The van der Waals surface area contributed by atoms with E-state index in [1.807, 2.05) is 44.2 Å². The van der Waals surface area contributed by atoms with E-state index in [9.17, 15) is 4.79 Å². The minimum absolute atomic E-state index is 0.210. The van der Waals surface area contributed by atoms with Gasteiger partial charge in [-0.05, 0) is 57.0 Å². The normalized spacial score (nSPS) is 22.9. The fraction of sp³-hybridized carbons (Fsp3) is 0.357. The van der Waals surface area contributed by atoms with E-state index in [-0.39, 0.29) is 18.0 Å². The number of rotatable bonds is 6. The molecule has 0 spiro atoms. The number of benzene rings is 1. The predicted octanol–water partition coefficient (Wildman–Crippen LogP) is 5.39. The van der Waals surface area contributed by atoms with Gasteiger partial charge < -0.3 is 14.8 Å². The Morgan fingerprint density at radius 1 is 1.15 bits per heavy atom. The number of aliphatic imine (C=N–C) groups is 1. The van der Waals surface area contributed by atoms with Gasteiger partial charge in [0.2, 0.25) is 0 Å². The first-order chi connectivity index (χ1) is 16.0. The minimum Gasteiger partial charge on any atom is -0.481 e. The predicted molar refractivity (Wildman–Crippen MR) is 133 cm³/mol. The van der Waals surface area contributed by atoms with Gasteiger partial charge in [-0.25, -0.2) is 4.79 Å². The lowest BCUT2D eigenvalue weighted by molar-refractivity contribution is 0.0526. The molecule has 0 amide bonds. The zero-order chi connectivity index (χ0) is 23.5. The molecule has 2 unspecified atom stereocenters. The zero-order valence-corrected chi connectivity index (χ0v) is 20.1. The lowest BCUT2D eigenvalue weighted by Gasteiger charge is -2.37. The number of nitrogens with one attached hydrogen (secondary N) is 1. The molecule has 33 heavy (non-hydrogen) atoms. The van der Waals surface area contributed by atoms with Crippen molar-refractivity contribution in [3.63, 3.8) is 0 Å². The Morgan fingerprint density at radius 3 is 2.67 bits per heavy atom. The number of hydrogen-bond acceptors (Lipinski definition) is 5. The van der Waals surface area contributed by atoms with Crippen LogP contribution in [0.25, 0.3) is 5.57 Å². The van der Waals surface area contributed by atoms with Crippen LogP contribution in [0.2, 0.25) is 0 Å². The lowest BCUT2D eigenvalue weighted by Crippen LogP contribution is -2.31. The van der Waals surface area contributed by atoms with E-state index >= 15 is 0 Å². The molecule has 2 atom stereocenters. The molecule has 0 saturated heterocycles. The Morgan fingerprint density at radius 2 is 1.94 bits per heavy atom. The molecular formula is C28H32N2O3. The van der Waals surface area contributed by atoms with Crippen molar-refractivity contribution in [2.75, 3.05) is 19.7 Å². The highest BCUT2D eigenvalue weighted by Gasteiger charge is 2.36. The molecule has 1 N–H and O–H groups in total. The molecular weight excluding hydrogens is 412 g/mol. The van der Waals surface area contributed by atoms with Gasteiger partial charge in [0.25, 0.3) is 0 Å². The largest absolute Gasteiger partial charge is 0.481 e. The minimum atomic E-state index is -0.312. The fourth-order valence-corrected chi connectivity index (χ4v) is 4.60. The van der Waals surface area contributed by atoms with Crippen molar-refractivity contribution in [1.82, 2.24) is 5.32 Å². The number of ether oxygens (including phenoxy) is 2. The second-order valence-corrected chi connectivity index (χ2v) is 8.35. The average molecular weight is 445 g/mol. The van der Waals surface area contributed by atoms with Crippen LogP contribution >= 0.6 is 0 Å². The third kappa shape index (κ3) is 4.32. The zero-order valence-electron chi connectivity index (χ0n) is 20.1. The molecule has 0 saturated carbocycles.